The minimum absolute atomic E-state index is 0.0809. The fourth-order valence-electron chi connectivity index (χ4n) is 4.10. The van der Waals surface area contributed by atoms with E-state index >= 15 is 0 Å². The second kappa shape index (κ2) is 13.3. The Bertz CT molecular complexity index is 1040. The zero-order chi connectivity index (χ0) is 25.2. The van der Waals surface area contributed by atoms with E-state index in [1.54, 1.807) is 0 Å². The third kappa shape index (κ3) is 7.46. The summed E-state index contributed by atoms with van der Waals surface area (Å²) in [4.78, 5) is 11.5. The van der Waals surface area contributed by atoms with Crippen LogP contribution >= 0.6 is 0 Å². The fraction of sp³-hybridized carbons (Fsp3) is 0.345. The van der Waals surface area contributed by atoms with E-state index < -0.39 is 36.7 Å². The molecule has 3 aromatic rings. The molecule has 1 aliphatic rings. The Morgan fingerprint density at radius 2 is 1.11 bits per heavy atom. The van der Waals surface area contributed by atoms with E-state index in [1.807, 2.05) is 91.0 Å². The molecule has 2 unspecified atom stereocenters. The van der Waals surface area contributed by atoms with Gasteiger partial charge in [-0.1, -0.05) is 91.0 Å². The zero-order valence-electron chi connectivity index (χ0n) is 20.3. The van der Waals surface area contributed by atoms with Crippen molar-refractivity contribution in [3.63, 3.8) is 0 Å². The monoisotopic (exact) mass is 492 g/mol. The summed E-state index contributed by atoms with van der Waals surface area (Å²) in [6.45, 7) is 2.08. The highest BCUT2D eigenvalue weighted by Crippen LogP contribution is 2.30. The maximum absolute atomic E-state index is 11.5. The number of benzene rings is 3. The lowest BCUT2D eigenvalue weighted by atomic mass is 9.98. The molecular formula is C29H32O7. The number of rotatable bonds is 11. The van der Waals surface area contributed by atoms with Gasteiger partial charge in [-0.3, -0.25) is 4.79 Å². The van der Waals surface area contributed by atoms with Crippen molar-refractivity contribution >= 4 is 5.97 Å². The van der Waals surface area contributed by atoms with Gasteiger partial charge in [-0.2, -0.15) is 0 Å². The molecule has 0 saturated carbocycles. The lowest BCUT2D eigenvalue weighted by Crippen LogP contribution is -2.61. The van der Waals surface area contributed by atoms with E-state index in [0.29, 0.717) is 0 Å². The highest BCUT2D eigenvalue weighted by molar-refractivity contribution is 5.65. The molecule has 4 rings (SSSR count). The molecule has 5 atom stereocenters. The number of carbonyl (C=O) groups excluding carboxylic acids is 1. The van der Waals surface area contributed by atoms with Crippen molar-refractivity contribution in [2.75, 3.05) is 6.61 Å². The van der Waals surface area contributed by atoms with Gasteiger partial charge in [0.05, 0.1) is 19.8 Å². The molecule has 1 aliphatic heterocycles. The van der Waals surface area contributed by atoms with Crippen LogP contribution in [0.1, 0.15) is 23.6 Å². The first-order chi connectivity index (χ1) is 17.6. The first-order valence-corrected chi connectivity index (χ1v) is 12.0. The highest BCUT2D eigenvalue weighted by atomic mass is 16.7. The molecular weight excluding hydrogens is 460 g/mol. The quantitative estimate of drug-likeness (QED) is 0.405. The van der Waals surface area contributed by atoms with Gasteiger partial charge >= 0.3 is 5.97 Å². The summed E-state index contributed by atoms with van der Waals surface area (Å²) in [5.41, 5.74) is 2.90. The van der Waals surface area contributed by atoms with Gasteiger partial charge in [-0.05, 0) is 16.7 Å². The smallest absolute Gasteiger partial charge is 0.302 e. The van der Waals surface area contributed by atoms with Crippen LogP contribution in [0.15, 0.2) is 91.0 Å². The molecule has 0 radical (unpaired) electrons. The van der Waals surface area contributed by atoms with Crippen LogP contribution in [0.3, 0.4) is 0 Å². The van der Waals surface area contributed by atoms with Gasteiger partial charge in [0.2, 0.25) is 0 Å². The average molecular weight is 493 g/mol. The Morgan fingerprint density at radius 3 is 1.56 bits per heavy atom. The fourth-order valence-corrected chi connectivity index (χ4v) is 4.10. The number of esters is 1. The summed E-state index contributed by atoms with van der Waals surface area (Å²) in [6.07, 6.45) is -4.24. The second-order valence-corrected chi connectivity index (χ2v) is 8.65. The molecule has 1 fully saturated rings. The Labute approximate surface area is 211 Å². The second-order valence-electron chi connectivity index (χ2n) is 8.65. The molecule has 1 saturated heterocycles. The van der Waals surface area contributed by atoms with E-state index in [1.165, 1.54) is 6.92 Å². The molecule has 0 amide bonds. The van der Waals surface area contributed by atoms with Gasteiger partial charge in [0, 0.05) is 6.92 Å². The van der Waals surface area contributed by atoms with Crippen LogP contribution in [0.4, 0.5) is 0 Å². The molecule has 7 heteroatoms. The maximum atomic E-state index is 11.5. The molecule has 190 valence electrons. The maximum Gasteiger partial charge on any atom is 0.302 e. The Balaban J connectivity index is 1.57. The summed E-state index contributed by atoms with van der Waals surface area (Å²) in [5.74, 6) is -0.445. The van der Waals surface area contributed by atoms with Crippen LogP contribution in [0, 0.1) is 0 Å². The molecule has 1 heterocycles. The van der Waals surface area contributed by atoms with Gasteiger partial charge in [0.15, 0.2) is 6.29 Å². The van der Waals surface area contributed by atoms with Gasteiger partial charge in [-0.25, -0.2) is 0 Å². The predicted molar refractivity (Wildman–Crippen MR) is 133 cm³/mol. The number of carbonyl (C=O) groups is 1. The topological polar surface area (TPSA) is 83.5 Å². The third-order valence-corrected chi connectivity index (χ3v) is 5.92. The molecule has 0 aliphatic carbocycles. The van der Waals surface area contributed by atoms with Crippen LogP contribution in [0.2, 0.25) is 0 Å². The van der Waals surface area contributed by atoms with Crippen molar-refractivity contribution in [3.8, 4) is 0 Å². The van der Waals surface area contributed by atoms with E-state index in [-0.39, 0.29) is 26.4 Å². The van der Waals surface area contributed by atoms with Crippen LogP contribution in [-0.4, -0.2) is 48.4 Å². The molecule has 0 aromatic heterocycles. The van der Waals surface area contributed by atoms with Gasteiger partial charge in [-0.15, -0.1) is 0 Å². The van der Waals surface area contributed by atoms with E-state index in [4.69, 9.17) is 23.7 Å². The summed E-state index contributed by atoms with van der Waals surface area (Å²) in [6, 6.07) is 29.2. The van der Waals surface area contributed by atoms with Crippen LogP contribution < -0.4 is 0 Å². The molecule has 1 N–H and O–H groups in total. The van der Waals surface area contributed by atoms with E-state index in [0.717, 1.165) is 16.7 Å². The number of aliphatic hydroxyl groups excluding tert-OH is 1. The van der Waals surface area contributed by atoms with Crippen molar-refractivity contribution in [1.29, 1.82) is 0 Å². The largest absolute Gasteiger partial charge is 0.463 e. The minimum atomic E-state index is -1.30. The standard InChI is InChI=1S/C29H32O7/c1-21(30)32-20-25-26(33-17-22-11-5-2-6-12-22)27(34-18-23-13-7-3-8-14-23)28(29(31)36-25)35-19-24-15-9-4-10-16-24/h2-16,25-29,31H,17-20H2,1H3/t25?,26-,27-,28?,29-/m1/s1. The number of hydrogen-bond donors (Lipinski definition) is 1. The Hall–Kier alpha value is -3.07. The number of ether oxygens (including phenoxy) is 5. The number of aliphatic hydroxyl groups is 1. The minimum Gasteiger partial charge on any atom is -0.463 e. The third-order valence-electron chi connectivity index (χ3n) is 5.92. The highest BCUT2D eigenvalue weighted by Gasteiger charge is 2.48. The SMILES string of the molecule is CC(=O)OCC1O[C@@H](O)C(OCc2ccccc2)[C@H](OCc2ccccc2)[C@@H]1OCc1ccccc1. The molecule has 0 spiro atoms. The van der Waals surface area contributed by atoms with E-state index in [2.05, 4.69) is 0 Å². The van der Waals surface area contributed by atoms with Crippen molar-refractivity contribution < 1.29 is 33.6 Å². The predicted octanol–water partition coefficient (Wildman–Crippen LogP) is 4.02. The Kier molecular flexibility index (Phi) is 9.61. The molecule has 0 bridgehead atoms. The lowest BCUT2D eigenvalue weighted by molar-refractivity contribution is -0.315. The lowest BCUT2D eigenvalue weighted by Gasteiger charge is -2.44. The van der Waals surface area contributed by atoms with Gasteiger partial charge < -0.3 is 28.8 Å². The van der Waals surface area contributed by atoms with Crippen LogP contribution in [-0.2, 0) is 48.3 Å². The van der Waals surface area contributed by atoms with Crippen LogP contribution in [0.5, 0.6) is 0 Å². The molecule has 36 heavy (non-hydrogen) atoms. The van der Waals surface area contributed by atoms with Crippen LogP contribution in [0.25, 0.3) is 0 Å². The first-order valence-electron chi connectivity index (χ1n) is 12.0. The normalized spacial score (nSPS) is 23.8. The summed E-state index contributed by atoms with van der Waals surface area (Å²) < 4.78 is 29.9. The van der Waals surface area contributed by atoms with Gasteiger partial charge in [0.25, 0.3) is 0 Å². The summed E-state index contributed by atoms with van der Waals surface area (Å²) >= 11 is 0. The first kappa shape index (κ1) is 26.0. The van der Waals surface area contributed by atoms with Crippen molar-refractivity contribution in [3.05, 3.63) is 108 Å². The summed E-state index contributed by atoms with van der Waals surface area (Å²) in [7, 11) is 0. The molecule has 7 nitrogen and oxygen atoms in total. The van der Waals surface area contributed by atoms with Crippen molar-refractivity contribution in [1.82, 2.24) is 0 Å². The molecule has 3 aromatic carbocycles. The van der Waals surface area contributed by atoms with Crippen molar-refractivity contribution in [2.45, 2.75) is 57.5 Å². The Morgan fingerprint density at radius 1 is 0.694 bits per heavy atom. The van der Waals surface area contributed by atoms with E-state index in [9.17, 15) is 9.90 Å². The summed E-state index contributed by atoms with van der Waals surface area (Å²) in [5, 5.41) is 10.9. The number of hydrogen-bond acceptors (Lipinski definition) is 7. The van der Waals surface area contributed by atoms with Crippen molar-refractivity contribution in [2.24, 2.45) is 0 Å². The van der Waals surface area contributed by atoms with Gasteiger partial charge in [0.1, 0.15) is 31.0 Å². The zero-order valence-corrected chi connectivity index (χ0v) is 20.3. The average Bonchev–Trinajstić information content (AvgIpc) is 2.91.